The summed E-state index contributed by atoms with van der Waals surface area (Å²) in [5, 5.41) is 17.4. The third kappa shape index (κ3) is 6.43. The van der Waals surface area contributed by atoms with Crippen LogP contribution in [0.1, 0.15) is 36.7 Å². The molecule has 0 unspecified atom stereocenters. The van der Waals surface area contributed by atoms with E-state index in [2.05, 4.69) is 41.9 Å². The van der Waals surface area contributed by atoms with Crippen LogP contribution < -0.4 is 10.3 Å². The molecule has 38 heavy (non-hydrogen) atoms. The first-order chi connectivity index (χ1) is 18.2. The number of hydrogen-bond donors (Lipinski definition) is 0. The molecule has 0 amide bonds. The van der Waals surface area contributed by atoms with E-state index in [0.717, 1.165) is 17.3 Å². The molecule has 0 aliphatic rings. The Morgan fingerprint density at radius 1 is 1.11 bits per heavy atom. The van der Waals surface area contributed by atoms with Gasteiger partial charge in [-0.15, -0.1) is 0 Å². The van der Waals surface area contributed by atoms with Gasteiger partial charge in [-0.25, -0.2) is 4.98 Å². The first kappa shape index (κ1) is 28.2. The second-order valence-corrected chi connectivity index (χ2v) is 10.9. The lowest BCUT2D eigenvalue weighted by Crippen LogP contribution is -2.22. The van der Waals surface area contributed by atoms with Crippen molar-refractivity contribution in [2.45, 2.75) is 32.8 Å². The van der Waals surface area contributed by atoms with Crippen molar-refractivity contribution in [1.82, 2.24) is 9.66 Å². The van der Waals surface area contributed by atoms with Gasteiger partial charge in [0.1, 0.15) is 12.4 Å². The van der Waals surface area contributed by atoms with Gasteiger partial charge in [0, 0.05) is 27.0 Å². The molecule has 196 valence electrons. The minimum Gasteiger partial charge on any atom is -0.481 e. The van der Waals surface area contributed by atoms with Gasteiger partial charge in [-0.05, 0) is 48.4 Å². The van der Waals surface area contributed by atoms with Crippen molar-refractivity contribution in [2.24, 2.45) is 5.10 Å². The van der Waals surface area contributed by atoms with Gasteiger partial charge in [0.15, 0.2) is 0 Å². The monoisotopic (exact) mass is 680 g/mol. The summed E-state index contributed by atoms with van der Waals surface area (Å²) in [5.41, 5.74) is 0.927. The second-order valence-electron chi connectivity index (χ2n) is 8.29. The average Bonchev–Trinajstić information content (AvgIpc) is 2.88. The van der Waals surface area contributed by atoms with Crippen LogP contribution in [0, 0.1) is 10.1 Å². The van der Waals surface area contributed by atoms with Crippen LogP contribution in [0.4, 0.5) is 5.69 Å². The highest BCUT2D eigenvalue weighted by molar-refractivity contribution is 9.10. The van der Waals surface area contributed by atoms with Crippen molar-refractivity contribution in [3.8, 4) is 5.75 Å². The first-order valence-electron chi connectivity index (χ1n) is 11.5. The highest BCUT2D eigenvalue weighted by Crippen LogP contribution is 2.35. The summed E-state index contributed by atoms with van der Waals surface area (Å²) in [5.74, 6) is 0.485. The molecule has 0 spiro atoms. The number of halogens is 4. The standard InChI is InChI=1S/C26H20Br2Cl2N4O4/c1-2-3-4-24-32-22-8-6-17(27)11-19(22)26(35)33(24)31-13-16-10-18(28)12-23(34(36)37)25(16)38-14-15-5-7-20(29)21(30)9-15/h5-13H,2-4,14H2,1H3. The fraction of sp³-hybridized carbons (Fsp3) is 0.192. The Balaban J connectivity index is 1.80. The average molecular weight is 683 g/mol. The number of aryl methyl sites for hydroxylation is 1. The smallest absolute Gasteiger partial charge is 0.312 e. The van der Waals surface area contributed by atoms with Crippen LogP contribution in [0.2, 0.25) is 10.0 Å². The van der Waals surface area contributed by atoms with E-state index in [9.17, 15) is 14.9 Å². The van der Waals surface area contributed by atoms with E-state index in [1.807, 2.05) is 13.0 Å². The molecule has 3 aromatic carbocycles. The zero-order valence-corrected chi connectivity index (χ0v) is 24.6. The number of hydrogen-bond acceptors (Lipinski definition) is 6. The molecule has 0 radical (unpaired) electrons. The van der Waals surface area contributed by atoms with Crippen LogP contribution in [0.5, 0.6) is 5.75 Å². The fourth-order valence-electron chi connectivity index (χ4n) is 3.70. The highest BCUT2D eigenvalue weighted by atomic mass is 79.9. The van der Waals surface area contributed by atoms with Crippen LogP contribution in [-0.4, -0.2) is 20.8 Å². The Morgan fingerprint density at radius 2 is 1.89 bits per heavy atom. The Bertz CT molecular complexity index is 1630. The zero-order chi connectivity index (χ0) is 27.4. The van der Waals surface area contributed by atoms with Crippen LogP contribution in [-0.2, 0) is 13.0 Å². The quantitative estimate of drug-likeness (QED) is 0.101. The molecule has 8 nitrogen and oxygen atoms in total. The number of ether oxygens (including phenoxy) is 1. The molecule has 0 fully saturated rings. The van der Waals surface area contributed by atoms with Gasteiger partial charge < -0.3 is 4.74 Å². The number of unbranched alkanes of at least 4 members (excludes halogenated alkanes) is 1. The second kappa shape index (κ2) is 12.4. The Labute approximate surface area is 244 Å². The van der Waals surface area contributed by atoms with Gasteiger partial charge in [0.25, 0.3) is 5.56 Å². The first-order valence-corrected chi connectivity index (χ1v) is 13.8. The summed E-state index contributed by atoms with van der Waals surface area (Å²) in [6, 6.07) is 13.2. The molecule has 1 aromatic heterocycles. The van der Waals surface area contributed by atoms with Gasteiger partial charge in [-0.2, -0.15) is 9.78 Å². The zero-order valence-electron chi connectivity index (χ0n) is 20.0. The van der Waals surface area contributed by atoms with E-state index in [0.29, 0.717) is 48.8 Å². The number of benzene rings is 3. The lowest BCUT2D eigenvalue weighted by molar-refractivity contribution is -0.386. The highest BCUT2D eigenvalue weighted by Gasteiger charge is 2.21. The predicted octanol–water partition coefficient (Wildman–Crippen LogP) is 7.94. The number of rotatable bonds is 9. The van der Waals surface area contributed by atoms with Crippen molar-refractivity contribution < 1.29 is 9.66 Å². The van der Waals surface area contributed by atoms with E-state index in [1.54, 1.807) is 36.4 Å². The van der Waals surface area contributed by atoms with E-state index < -0.39 is 4.92 Å². The normalized spacial score (nSPS) is 11.4. The summed E-state index contributed by atoms with van der Waals surface area (Å²) < 4.78 is 8.32. The van der Waals surface area contributed by atoms with Gasteiger partial charge in [-0.3, -0.25) is 14.9 Å². The Kier molecular flexibility index (Phi) is 9.19. The lowest BCUT2D eigenvalue weighted by Gasteiger charge is -2.12. The summed E-state index contributed by atoms with van der Waals surface area (Å²) in [4.78, 5) is 29.4. The number of aromatic nitrogens is 2. The molecule has 0 aliphatic carbocycles. The minimum absolute atomic E-state index is 0.00649. The summed E-state index contributed by atoms with van der Waals surface area (Å²) in [6.07, 6.45) is 3.62. The number of fused-ring (bicyclic) bond motifs is 1. The third-order valence-electron chi connectivity index (χ3n) is 5.57. The van der Waals surface area contributed by atoms with Crippen LogP contribution in [0.15, 0.2) is 67.4 Å². The SMILES string of the molecule is CCCCc1nc2ccc(Br)cc2c(=O)n1N=Cc1cc(Br)cc([N+](=O)[O-])c1OCc1ccc(Cl)c(Cl)c1. The number of nitrogens with zero attached hydrogens (tertiary/aromatic N) is 4. The van der Waals surface area contributed by atoms with Crippen LogP contribution >= 0.6 is 55.1 Å². The summed E-state index contributed by atoms with van der Waals surface area (Å²) in [7, 11) is 0. The van der Waals surface area contributed by atoms with Crippen molar-refractivity contribution >= 4 is 77.9 Å². The van der Waals surface area contributed by atoms with Gasteiger partial charge in [0.05, 0.1) is 32.1 Å². The van der Waals surface area contributed by atoms with Crippen molar-refractivity contribution in [3.63, 3.8) is 0 Å². The summed E-state index contributed by atoms with van der Waals surface area (Å²) in [6.45, 7) is 2.04. The molecule has 4 aromatic rings. The van der Waals surface area contributed by atoms with E-state index in [4.69, 9.17) is 27.9 Å². The van der Waals surface area contributed by atoms with E-state index in [-0.39, 0.29) is 23.6 Å². The minimum atomic E-state index is -0.541. The lowest BCUT2D eigenvalue weighted by atomic mass is 10.2. The maximum atomic E-state index is 13.4. The van der Waals surface area contributed by atoms with Crippen molar-refractivity contribution in [2.75, 3.05) is 0 Å². The maximum absolute atomic E-state index is 13.4. The predicted molar refractivity (Wildman–Crippen MR) is 157 cm³/mol. The molecule has 0 N–H and O–H groups in total. The molecule has 1 heterocycles. The third-order valence-corrected chi connectivity index (χ3v) is 7.26. The summed E-state index contributed by atoms with van der Waals surface area (Å²) >= 11 is 18.8. The molecule has 0 bridgehead atoms. The van der Waals surface area contributed by atoms with E-state index >= 15 is 0 Å². The topological polar surface area (TPSA) is 99.6 Å². The van der Waals surface area contributed by atoms with Crippen molar-refractivity contribution in [1.29, 1.82) is 0 Å². The molecule has 0 aliphatic heterocycles. The van der Waals surface area contributed by atoms with Gasteiger partial charge in [-0.1, -0.05) is 74.5 Å². The molecule has 12 heteroatoms. The van der Waals surface area contributed by atoms with Crippen molar-refractivity contribution in [3.05, 3.63) is 105 Å². The molecule has 0 saturated heterocycles. The maximum Gasteiger partial charge on any atom is 0.312 e. The fourth-order valence-corrected chi connectivity index (χ4v) is 4.85. The van der Waals surface area contributed by atoms with E-state index in [1.165, 1.54) is 17.0 Å². The Hall–Kier alpha value is -2.79. The van der Waals surface area contributed by atoms with Gasteiger partial charge >= 0.3 is 5.69 Å². The molecular weight excluding hydrogens is 663 g/mol. The molecule has 0 atom stereocenters. The van der Waals surface area contributed by atoms with Crippen LogP contribution in [0.25, 0.3) is 10.9 Å². The molecular formula is C26H20Br2Cl2N4O4. The van der Waals surface area contributed by atoms with Crippen LogP contribution in [0.3, 0.4) is 0 Å². The largest absolute Gasteiger partial charge is 0.481 e. The molecule has 4 rings (SSSR count). The molecule has 0 saturated carbocycles. The number of nitro benzene ring substituents is 1. The van der Waals surface area contributed by atoms with Gasteiger partial charge in [0.2, 0.25) is 5.75 Å². The number of nitro groups is 1. The Morgan fingerprint density at radius 3 is 2.61 bits per heavy atom.